The molecule has 0 aliphatic rings. The summed E-state index contributed by atoms with van der Waals surface area (Å²) < 4.78 is 10.6. The molecule has 0 aromatic carbocycles. The highest BCUT2D eigenvalue weighted by Crippen LogP contribution is 2.22. The molecule has 102 valence electrons. The van der Waals surface area contributed by atoms with Gasteiger partial charge in [-0.2, -0.15) is 4.98 Å². The highest BCUT2D eigenvalue weighted by atomic mass is 16.5. The van der Waals surface area contributed by atoms with Crippen molar-refractivity contribution in [2.45, 2.75) is 26.3 Å². The lowest BCUT2D eigenvalue weighted by molar-refractivity contribution is 0.0962. The molecule has 0 radical (unpaired) electrons. The molecule has 0 amide bonds. The van der Waals surface area contributed by atoms with Crippen LogP contribution in [0.2, 0.25) is 0 Å². The van der Waals surface area contributed by atoms with Gasteiger partial charge < -0.3 is 15.0 Å². The fourth-order valence-corrected chi connectivity index (χ4v) is 1.65. The molecule has 2 aromatic rings. The zero-order chi connectivity index (χ0) is 13.9. The highest BCUT2D eigenvalue weighted by Gasteiger charge is 2.28. The lowest BCUT2D eigenvalue weighted by atomic mass is 10.1. The van der Waals surface area contributed by atoms with Crippen LogP contribution in [0.1, 0.15) is 25.4 Å². The Morgan fingerprint density at radius 3 is 2.95 bits per heavy atom. The Balaban J connectivity index is 2.27. The van der Waals surface area contributed by atoms with Crippen molar-refractivity contribution in [3.63, 3.8) is 0 Å². The Morgan fingerprint density at radius 1 is 1.47 bits per heavy atom. The van der Waals surface area contributed by atoms with Crippen LogP contribution < -0.4 is 5.73 Å². The molecule has 0 bridgehead atoms. The van der Waals surface area contributed by atoms with Crippen LogP contribution in [0.25, 0.3) is 11.5 Å². The first-order valence-electron chi connectivity index (χ1n) is 6.17. The minimum atomic E-state index is -0.770. The minimum absolute atomic E-state index is 0.342. The molecule has 2 aromatic heterocycles. The molecule has 6 nitrogen and oxygen atoms in total. The standard InChI is InChI=1S/C13H18N4O2/c1-4-18-8-13(3,14)12-16-11(19-17-12)10-6-5-7-15-9(10)2/h5-7H,4,8,14H2,1-3H3. The third kappa shape index (κ3) is 2.97. The fourth-order valence-electron chi connectivity index (χ4n) is 1.65. The normalized spacial score (nSPS) is 14.3. The van der Waals surface area contributed by atoms with Crippen molar-refractivity contribution in [1.82, 2.24) is 15.1 Å². The third-order valence-corrected chi connectivity index (χ3v) is 2.78. The largest absolute Gasteiger partial charge is 0.379 e. The molecule has 1 unspecified atom stereocenters. The Bertz CT molecular complexity index is 551. The number of nitrogens with two attached hydrogens (primary N) is 1. The number of hydrogen-bond donors (Lipinski definition) is 1. The summed E-state index contributed by atoms with van der Waals surface area (Å²) in [5, 5.41) is 3.94. The number of aryl methyl sites for hydroxylation is 1. The van der Waals surface area contributed by atoms with Gasteiger partial charge in [-0.05, 0) is 32.9 Å². The van der Waals surface area contributed by atoms with E-state index in [9.17, 15) is 0 Å². The van der Waals surface area contributed by atoms with E-state index in [1.807, 2.05) is 32.9 Å². The smallest absolute Gasteiger partial charge is 0.259 e. The summed E-state index contributed by atoms with van der Waals surface area (Å²) in [5.41, 5.74) is 7.01. The van der Waals surface area contributed by atoms with Crippen LogP contribution in [0.4, 0.5) is 0 Å². The Hall–Kier alpha value is -1.79. The van der Waals surface area contributed by atoms with E-state index >= 15 is 0 Å². The van der Waals surface area contributed by atoms with Crippen molar-refractivity contribution in [2.75, 3.05) is 13.2 Å². The van der Waals surface area contributed by atoms with Gasteiger partial charge in [0.1, 0.15) is 5.54 Å². The third-order valence-electron chi connectivity index (χ3n) is 2.78. The molecule has 0 fully saturated rings. The van der Waals surface area contributed by atoms with E-state index in [1.165, 1.54) is 0 Å². The zero-order valence-electron chi connectivity index (χ0n) is 11.4. The monoisotopic (exact) mass is 262 g/mol. The van der Waals surface area contributed by atoms with Gasteiger partial charge in [0.05, 0.1) is 12.2 Å². The first kappa shape index (κ1) is 13.6. The lowest BCUT2D eigenvalue weighted by Crippen LogP contribution is -2.39. The maximum absolute atomic E-state index is 6.13. The SMILES string of the molecule is CCOCC(C)(N)c1noc(-c2cccnc2C)n1. The second-order valence-electron chi connectivity index (χ2n) is 4.61. The minimum Gasteiger partial charge on any atom is -0.379 e. The zero-order valence-corrected chi connectivity index (χ0v) is 11.4. The van der Waals surface area contributed by atoms with Crippen LogP contribution in [0, 0.1) is 6.92 Å². The number of nitrogens with zero attached hydrogens (tertiary/aromatic N) is 3. The predicted molar refractivity (Wildman–Crippen MR) is 70.3 cm³/mol. The van der Waals surface area contributed by atoms with Crippen LogP contribution in [0.3, 0.4) is 0 Å². The van der Waals surface area contributed by atoms with Gasteiger partial charge in [0.2, 0.25) is 0 Å². The van der Waals surface area contributed by atoms with E-state index in [0.717, 1.165) is 11.3 Å². The van der Waals surface area contributed by atoms with E-state index in [-0.39, 0.29) is 0 Å². The summed E-state index contributed by atoms with van der Waals surface area (Å²) in [7, 11) is 0. The maximum atomic E-state index is 6.13. The molecule has 0 saturated heterocycles. The quantitative estimate of drug-likeness (QED) is 0.881. The number of ether oxygens (including phenoxy) is 1. The molecule has 2 heterocycles. The molecule has 6 heteroatoms. The van der Waals surface area contributed by atoms with E-state index in [2.05, 4.69) is 15.1 Å². The number of hydrogen-bond acceptors (Lipinski definition) is 6. The van der Waals surface area contributed by atoms with Gasteiger partial charge in [-0.3, -0.25) is 4.98 Å². The summed E-state index contributed by atoms with van der Waals surface area (Å²) in [6.45, 7) is 6.55. The molecule has 0 aliphatic carbocycles. The number of aromatic nitrogens is 3. The Morgan fingerprint density at radius 2 is 2.26 bits per heavy atom. The van der Waals surface area contributed by atoms with Crippen molar-refractivity contribution in [3.8, 4) is 11.5 Å². The first-order valence-corrected chi connectivity index (χ1v) is 6.17. The topological polar surface area (TPSA) is 87.1 Å². The summed E-state index contributed by atoms with van der Waals surface area (Å²) in [6, 6.07) is 3.71. The van der Waals surface area contributed by atoms with Crippen molar-refractivity contribution in [2.24, 2.45) is 5.73 Å². The van der Waals surface area contributed by atoms with Crippen molar-refractivity contribution in [1.29, 1.82) is 0 Å². The van der Waals surface area contributed by atoms with E-state index in [0.29, 0.717) is 24.9 Å². The maximum Gasteiger partial charge on any atom is 0.259 e. The summed E-state index contributed by atoms with van der Waals surface area (Å²) >= 11 is 0. The molecule has 0 spiro atoms. The number of pyridine rings is 1. The molecule has 19 heavy (non-hydrogen) atoms. The van der Waals surface area contributed by atoms with Gasteiger partial charge in [-0.15, -0.1) is 0 Å². The van der Waals surface area contributed by atoms with E-state index in [1.54, 1.807) is 6.20 Å². The molecule has 1 atom stereocenters. The van der Waals surface area contributed by atoms with Gasteiger partial charge >= 0.3 is 0 Å². The first-order chi connectivity index (χ1) is 9.04. The Kier molecular flexibility index (Phi) is 3.92. The molecular weight excluding hydrogens is 244 g/mol. The van der Waals surface area contributed by atoms with Gasteiger partial charge in [-0.1, -0.05) is 5.16 Å². The van der Waals surface area contributed by atoms with Gasteiger partial charge in [0, 0.05) is 18.5 Å². The lowest BCUT2D eigenvalue weighted by Gasteiger charge is -2.19. The van der Waals surface area contributed by atoms with Crippen LogP contribution in [-0.4, -0.2) is 28.3 Å². The van der Waals surface area contributed by atoms with E-state index < -0.39 is 5.54 Å². The Labute approximate surface area is 112 Å². The fraction of sp³-hybridized carbons (Fsp3) is 0.462. The van der Waals surface area contributed by atoms with Gasteiger partial charge in [-0.25, -0.2) is 0 Å². The predicted octanol–water partition coefficient (Wildman–Crippen LogP) is 1.65. The molecule has 2 rings (SSSR count). The molecule has 0 saturated carbocycles. The van der Waals surface area contributed by atoms with Crippen molar-refractivity contribution in [3.05, 3.63) is 29.8 Å². The van der Waals surface area contributed by atoms with Crippen LogP contribution in [-0.2, 0) is 10.3 Å². The number of rotatable bonds is 5. The molecular formula is C13H18N4O2. The van der Waals surface area contributed by atoms with Gasteiger partial charge in [0.15, 0.2) is 5.82 Å². The second kappa shape index (κ2) is 5.46. The van der Waals surface area contributed by atoms with Crippen LogP contribution in [0.15, 0.2) is 22.9 Å². The highest BCUT2D eigenvalue weighted by molar-refractivity contribution is 5.55. The van der Waals surface area contributed by atoms with Crippen molar-refractivity contribution >= 4 is 0 Å². The van der Waals surface area contributed by atoms with E-state index in [4.69, 9.17) is 15.0 Å². The van der Waals surface area contributed by atoms with Crippen LogP contribution >= 0.6 is 0 Å². The summed E-state index contributed by atoms with van der Waals surface area (Å²) in [4.78, 5) is 8.54. The van der Waals surface area contributed by atoms with Gasteiger partial charge in [0.25, 0.3) is 5.89 Å². The summed E-state index contributed by atoms with van der Waals surface area (Å²) in [5.74, 6) is 0.855. The van der Waals surface area contributed by atoms with Crippen LogP contribution in [0.5, 0.6) is 0 Å². The average Bonchev–Trinajstić information content (AvgIpc) is 2.87. The average molecular weight is 262 g/mol. The molecule has 0 aliphatic heterocycles. The van der Waals surface area contributed by atoms with Crippen molar-refractivity contribution < 1.29 is 9.26 Å². The summed E-state index contributed by atoms with van der Waals surface area (Å²) in [6.07, 6.45) is 1.72. The second-order valence-corrected chi connectivity index (χ2v) is 4.61. The molecule has 2 N–H and O–H groups in total.